The third-order valence-corrected chi connectivity index (χ3v) is 4.58. The van der Waals surface area contributed by atoms with E-state index in [1.54, 1.807) is 16.8 Å². The van der Waals surface area contributed by atoms with Crippen LogP contribution in [0, 0.1) is 11.3 Å². The number of aromatic nitrogens is 5. The van der Waals surface area contributed by atoms with E-state index in [1.807, 2.05) is 6.92 Å². The molecule has 2 aromatic heterocycles. The highest BCUT2D eigenvalue weighted by Crippen LogP contribution is 2.48. The van der Waals surface area contributed by atoms with Crippen LogP contribution in [-0.4, -0.2) is 30.4 Å². The van der Waals surface area contributed by atoms with Crippen LogP contribution < -0.4 is 5.69 Å². The second-order valence-corrected chi connectivity index (χ2v) is 6.12. The molecule has 7 heteroatoms. The molecular formula is C14H19N5O2. The van der Waals surface area contributed by atoms with E-state index in [4.69, 9.17) is 4.74 Å². The largest absolute Gasteiger partial charge is 0.354 e. The normalized spacial score (nSPS) is 27.9. The van der Waals surface area contributed by atoms with Crippen LogP contribution >= 0.6 is 0 Å². The van der Waals surface area contributed by atoms with Crippen LogP contribution in [0.25, 0.3) is 5.82 Å². The summed E-state index contributed by atoms with van der Waals surface area (Å²) in [5, 5.41) is 3.97. The molecule has 21 heavy (non-hydrogen) atoms. The maximum absolute atomic E-state index is 12.3. The van der Waals surface area contributed by atoms with Crippen LogP contribution in [0.15, 0.2) is 29.7 Å². The van der Waals surface area contributed by atoms with Gasteiger partial charge < -0.3 is 4.74 Å². The fourth-order valence-corrected chi connectivity index (χ4v) is 2.79. The highest BCUT2D eigenvalue weighted by molar-refractivity contribution is 5.16. The van der Waals surface area contributed by atoms with Crippen molar-refractivity contribution in [2.75, 3.05) is 0 Å². The summed E-state index contributed by atoms with van der Waals surface area (Å²) in [5.74, 6) is 0.801. The van der Waals surface area contributed by atoms with E-state index < -0.39 is 0 Å². The molecule has 0 unspecified atom stereocenters. The summed E-state index contributed by atoms with van der Waals surface area (Å²) in [5.41, 5.74) is -0.484. The van der Waals surface area contributed by atoms with E-state index in [-0.39, 0.29) is 23.4 Å². The molecule has 0 radical (unpaired) electrons. The molecule has 0 aromatic carbocycles. The zero-order valence-electron chi connectivity index (χ0n) is 12.6. The lowest BCUT2D eigenvalue weighted by atomic mass is 9.78. The first-order chi connectivity index (χ1) is 9.91. The van der Waals surface area contributed by atoms with E-state index in [2.05, 4.69) is 35.8 Å². The van der Waals surface area contributed by atoms with Gasteiger partial charge in [0.15, 0.2) is 5.82 Å². The first-order valence-electron chi connectivity index (χ1n) is 7.01. The smallest absolute Gasteiger partial charge is 0.351 e. The fourth-order valence-electron chi connectivity index (χ4n) is 2.79. The van der Waals surface area contributed by atoms with Crippen molar-refractivity contribution in [2.45, 2.75) is 40.0 Å². The molecule has 0 N–H and O–H groups in total. The second-order valence-electron chi connectivity index (χ2n) is 6.12. The van der Waals surface area contributed by atoms with Crippen molar-refractivity contribution in [1.82, 2.24) is 24.3 Å². The number of hydrogen-bond acceptors (Lipinski definition) is 5. The van der Waals surface area contributed by atoms with Gasteiger partial charge in [-0.25, -0.2) is 14.5 Å². The van der Waals surface area contributed by atoms with Crippen molar-refractivity contribution < 1.29 is 4.74 Å². The number of rotatable bonds is 2. The number of nitrogens with zero attached hydrogens (tertiary/aromatic N) is 5. The van der Waals surface area contributed by atoms with E-state index in [1.165, 1.54) is 17.3 Å². The Hall–Kier alpha value is -2.02. The molecule has 0 saturated carbocycles. The standard InChI is InChI=1S/C14H19N5O2/c1-9-10(2)21-12(14(9,3)4)18-6-5-11(17-13(18)20)19-8-15-7-16-19/h5-10,12H,1-4H3/t9-,10-,12-/m1/s1. The topological polar surface area (TPSA) is 74.8 Å². The predicted molar refractivity (Wildman–Crippen MR) is 75.9 cm³/mol. The van der Waals surface area contributed by atoms with Crippen molar-refractivity contribution in [3.05, 3.63) is 35.4 Å². The molecule has 0 spiro atoms. The van der Waals surface area contributed by atoms with Gasteiger partial charge in [0, 0.05) is 11.6 Å². The molecular weight excluding hydrogens is 270 g/mol. The van der Waals surface area contributed by atoms with E-state index in [0.717, 1.165) is 0 Å². The summed E-state index contributed by atoms with van der Waals surface area (Å²) in [6.45, 7) is 8.41. The van der Waals surface area contributed by atoms with Crippen molar-refractivity contribution in [3.8, 4) is 5.82 Å². The van der Waals surface area contributed by atoms with Gasteiger partial charge in [0.05, 0.1) is 6.10 Å². The molecule has 3 atom stereocenters. The Bertz CT molecular complexity index is 692. The van der Waals surface area contributed by atoms with Gasteiger partial charge in [-0.15, -0.1) is 0 Å². The van der Waals surface area contributed by atoms with Crippen LogP contribution in [0.3, 0.4) is 0 Å². The quantitative estimate of drug-likeness (QED) is 0.835. The van der Waals surface area contributed by atoms with Gasteiger partial charge in [0.1, 0.15) is 18.9 Å². The summed E-state index contributed by atoms with van der Waals surface area (Å²) >= 11 is 0. The molecule has 1 aliphatic heterocycles. The van der Waals surface area contributed by atoms with Gasteiger partial charge in [0.2, 0.25) is 0 Å². The predicted octanol–water partition coefficient (Wildman–Crippen LogP) is 1.40. The minimum Gasteiger partial charge on any atom is -0.354 e. The summed E-state index contributed by atoms with van der Waals surface area (Å²) < 4.78 is 8.99. The van der Waals surface area contributed by atoms with Crippen LogP contribution in [-0.2, 0) is 4.74 Å². The Morgan fingerprint density at radius 3 is 2.62 bits per heavy atom. The molecule has 7 nitrogen and oxygen atoms in total. The van der Waals surface area contributed by atoms with Gasteiger partial charge in [-0.1, -0.05) is 20.8 Å². The summed E-state index contributed by atoms with van der Waals surface area (Å²) in [6.07, 6.45) is 4.41. The highest BCUT2D eigenvalue weighted by atomic mass is 16.5. The van der Waals surface area contributed by atoms with E-state index >= 15 is 0 Å². The van der Waals surface area contributed by atoms with E-state index in [9.17, 15) is 4.79 Å². The molecule has 3 heterocycles. The third kappa shape index (κ3) is 2.17. The molecule has 0 amide bonds. The second kappa shape index (κ2) is 4.77. The maximum Gasteiger partial charge on any atom is 0.351 e. The SMILES string of the molecule is C[C@@H]1[C@@H](C)O[C@@H](n2ccc(-n3cncn3)nc2=O)C1(C)C. The Morgan fingerprint density at radius 2 is 2.10 bits per heavy atom. The van der Waals surface area contributed by atoms with Gasteiger partial charge in [-0.3, -0.25) is 4.57 Å². The summed E-state index contributed by atoms with van der Waals surface area (Å²) in [6, 6.07) is 1.74. The molecule has 0 bridgehead atoms. The Labute approximate surface area is 122 Å². The van der Waals surface area contributed by atoms with Crippen LogP contribution in [0.1, 0.15) is 33.9 Å². The van der Waals surface area contributed by atoms with Crippen LogP contribution in [0.4, 0.5) is 0 Å². The van der Waals surface area contributed by atoms with Crippen LogP contribution in [0.5, 0.6) is 0 Å². The highest BCUT2D eigenvalue weighted by Gasteiger charge is 2.47. The lowest BCUT2D eigenvalue weighted by molar-refractivity contribution is -0.0280. The maximum atomic E-state index is 12.3. The lowest BCUT2D eigenvalue weighted by Crippen LogP contribution is -2.35. The molecule has 2 aromatic rings. The monoisotopic (exact) mass is 289 g/mol. The van der Waals surface area contributed by atoms with Gasteiger partial charge in [0.25, 0.3) is 0 Å². The third-order valence-electron chi connectivity index (χ3n) is 4.58. The van der Waals surface area contributed by atoms with Crippen molar-refractivity contribution in [3.63, 3.8) is 0 Å². The Kier molecular flexibility index (Phi) is 3.16. The number of hydrogen-bond donors (Lipinski definition) is 0. The van der Waals surface area contributed by atoms with Gasteiger partial charge in [-0.05, 0) is 18.9 Å². The minimum absolute atomic E-state index is 0.104. The van der Waals surface area contributed by atoms with E-state index in [0.29, 0.717) is 11.7 Å². The molecule has 112 valence electrons. The average molecular weight is 289 g/mol. The van der Waals surface area contributed by atoms with Crippen LogP contribution in [0.2, 0.25) is 0 Å². The lowest BCUT2D eigenvalue weighted by Gasteiger charge is -2.29. The first-order valence-corrected chi connectivity index (χ1v) is 7.01. The fraction of sp³-hybridized carbons (Fsp3) is 0.571. The summed E-state index contributed by atoms with van der Waals surface area (Å²) in [4.78, 5) is 20.2. The van der Waals surface area contributed by atoms with Crippen molar-refractivity contribution >= 4 is 0 Å². The Morgan fingerprint density at radius 1 is 1.33 bits per heavy atom. The minimum atomic E-state index is -0.345. The van der Waals surface area contributed by atoms with Gasteiger partial charge >= 0.3 is 5.69 Å². The molecule has 3 rings (SSSR count). The average Bonchev–Trinajstić information content (AvgIpc) is 3.03. The van der Waals surface area contributed by atoms with Gasteiger partial charge in [-0.2, -0.15) is 10.1 Å². The number of ether oxygens (including phenoxy) is 1. The molecule has 0 aliphatic carbocycles. The first kappa shape index (κ1) is 13.9. The summed E-state index contributed by atoms with van der Waals surface area (Å²) in [7, 11) is 0. The molecule has 1 aliphatic rings. The van der Waals surface area contributed by atoms with Crippen molar-refractivity contribution in [1.29, 1.82) is 0 Å². The van der Waals surface area contributed by atoms with Crippen molar-refractivity contribution in [2.24, 2.45) is 11.3 Å². The Balaban J connectivity index is 1.99. The zero-order valence-corrected chi connectivity index (χ0v) is 12.6. The molecule has 1 fully saturated rings. The zero-order chi connectivity index (χ0) is 15.2. The molecule has 1 saturated heterocycles.